The molecule has 2 fully saturated rings. The molecule has 0 radical (unpaired) electrons. The average molecular weight is 325 g/mol. The van der Waals surface area contributed by atoms with Crippen LogP contribution in [-0.4, -0.2) is 49.4 Å². The van der Waals surface area contributed by atoms with Gasteiger partial charge in [0.1, 0.15) is 16.9 Å². The lowest BCUT2D eigenvalue weighted by Gasteiger charge is -2.34. The molecule has 1 aromatic rings. The molecule has 122 valence electrons. The standard InChI is InChI=1S/C15H23N3O3S/c1-11(2)22(19,20)15(4-5-15)13-8-14(17-10-16-13)18-6-7-21-9-12(18)3/h8,10-12H,4-7,9H2,1-3H3/t12-/m1/s1. The first-order valence-electron chi connectivity index (χ1n) is 7.79. The summed E-state index contributed by atoms with van der Waals surface area (Å²) in [5.74, 6) is 0.797. The van der Waals surface area contributed by atoms with Gasteiger partial charge in [-0.2, -0.15) is 0 Å². The summed E-state index contributed by atoms with van der Waals surface area (Å²) in [5, 5.41) is -0.393. The molecule has 7 heteroatoms. The summed E-state index contributed by atoms with van der Waals surface area (Å²) < 4.78 is 30.0. The first-order chi connectivity index (χ1) is 10.4. The lowest BCUT2D eigenvalue weighted by atomic mass is 10.2. The second-order valence-electron chi connectivity index (χ2n) is 6.47. The van der Waals surface area contributed by atoms with Gasteiger partial charge in [-0.25, -0.2) is 18.4 Å². The minimum Gasteiger partial charge on any atom is -0.377 e. The average Bonchev–Trinajstić information content (AvgIpc) is 3.30. The minimum atomic E-state index is -3.21. The maximum atomic E-state index is 12.7. The SMILES string of the molecule is CC(C)S(=O)(=O)C1(c2cc(N3CCOC[C@H]3C)ncn2)CC1. The molecule has 6 nitrogen and oxygen atoms in total. The molecule has 1 atom stereocenters. The summed E-state index contributed by atoms with van der Waals surface area (Å²) in [6.45, 7) is 7.65. The van der Waals surface area contributed by atoms with Gasteiger partial charge in [-0.1, -0.05) is 0 Å². The number of aromatic nitrogens is 2. The zero-order valence-corrected chi connectivity index (χ0v) is 14.1. The molecule has 22 heavy (non-hydrogen) atoms. The van der Waals surface area contributed by atoms with Crippen molar-refractivity contribution in [3.63, 3.8) is 0 Å². The molecule has 0 aromatic carbocycles. The Balaban J connectivity index is 1.95. The lowest BCUT2D eigenvalue weighted by molar-refractivity contribution is 0.0985. The fraction of sp³-hybridized carbons (Fsp3) is 0.733. The fourth-order valence-electron chi connectivity index (χ4n) is 3.07. The maximum absolute atomic E-state index is 12.7. The van der Waals surface area contributed by atoms with E-state index in [-0.39, 0.29) is 6.04 Å². The Kier molecular flexibility index (Phi) is 3.89. The number of hydrogen-bond donors (Lipinski definition) is 0. The molecular formula is C15H23N3O3S. The van der Waals surface area contributed by atoms with Crippen LogP contribution in [0.15, 0.2) is 12.4 Å². The molecule has 1 aliphatic heterocycles. The summed E-state index contributed by atoms with van der Waals surface area (Å²) >= 11 is 0. The Bertz CT molecular complexity index is 656. The van der Waals surface area contributed by atoms with Crippen LogP contribution in [-0.2, 0) is 19.3 Å². The molecule has 1 aromatic heterocycles. The second kappa shape index (κ2) is 5.45. The predicted octanol–water partition coefficient (Wildman–Crippen LogP) is 1.51. The summed E-state index contributed by atoms with van der Waals surface area (Å²) in [7, 11) is -3.21. The molecule has 0 bridgehead atoms. The van der Waals surface area contributed by atoms with E-state index in [9.17, 15) is 8.42 Å². The van der Waals surface area contributed by atoms with Gasteiger partial charge in [0, 0.05) is 12.6 Å². The van der Waals surface area contributed by atoms with Crippen molar-refractivity contribution in [3.8, 4) is 0 Å². The van der Waals surface area contributed by atoms with Crippen LogP contribution in [0, 0.1) is 0 Å². The molecule has 0 amide bonds. The van der Waals surface area contributed by atoms with E-state index in [1.807, 2.05) is 6.07 Å². The van der Waals surface area contributed by atoms with Gasteiger partial charge >= 0.3 is 0 Å². The van der Waals surface area contributed by atoms with E-state index >= 15 is 0 Å². The van der Waals surface area contributed by atoms with Crippen LogP contribution in [0.2, 0.25) is 0 Å². The van der Waals surface area contributed by atoms with Crippen molar-refractivity contribution in [2.75, 3.05) is 24.7 Å². The molecular weight excluding hydrogens is 302 g/mol. The predicted molar refractivity (Wildman–Crippen MR) is 84.6 cm³/mol. The van der Waals surface area contributed by atoms with E-state index in [2.05, 4.69) is 21.8 Å². The highest BCUT2D eigenvalue weighted by molar-refractivity contribution is 7.93. The van der Waals surface area contributed by atoms with Gasteiger partial charge in [0.2, 0.25) is 0 Å². The Morgan fingerprint density at radius 3 is 2.68 bits per heavy atom. The highest BCUT2D eigenvalue weighted by Crippen LogP contribution is 2.53. The zero-order valence-electron chi connectivity index (χ0n) is 13.3. The highest BCUT2D eigenvalue weighted by atomic mass is 32.2. The van der Waals surface area contributed by atoms with Crippen molar-refractivity contribution in [2.45, 2.75) is 49.7 Å². The van der Waals surface area contributed by atoms with Crippen molar-refractivity contribution in [1.29, 1.82) is 0 Å². The third-order valence-electron chi connectivity index (χ3n) is 4.65. The maximum Gasteiger partial charge on any atom is 0.164 e. The van der Waals surface area contributed by atoms with E-state index in [4.69, 9.17) is 4.74 Å². The van der Waals surface area contributed by atoms with Crippen molar-refractivity contribution in [1.82, 2.24) is 9.97 Å². The van der Waals surface area contributed by atoms with E-state index in [1.165, 1.54) is 6.33 Å². The molecule has 1 saturated heterocycles. The summed E-state index contributed by atoms with van der Waals surface area (Å²) in [6.07, 6.45) is 2.80. The third kappa shape index (κ3) is 2.40. The van der Waals surface area contributed by atoms with Crippen LogP contribution < -0.4 is 4.90 Å². The number of anilines is 1. The molecule has 0 N–H and O–H groups in total. The molecule has 2 heterocycles. The monoisotopic (exact) mass is 325 g/mol. The van der Waals surface area contributed by atoms with Crippen LogP contribution in [0.1, 0.15) is 39.3 Å². The number of rotatable bonds is 4. The third-order valence-corrected chi connectivity index (χ3v) is 7.60. The summed E-state index contributed by atoms with van der Waals surface area (Å²) in [5.41, 5.74) is 0.643. The highest BCUT2D eigenvalue weighted by Gasteiger charge is 2.58. The van der Waals surface area contributed by atoms with Crippen molar-refractivity contribution < 1.29 is 13.2 Å². The van der Waals surface area contributed by atoms with Gasteiger partial charge < -0.3 is 9.64 Å². The number of nitrogens with zero attached hydrogens (tertiary/aromatic N) is 3. The molecule has 3 rings (SSSR count). The van der Waals surface area contributed by atoms with Crippen molar-refractivity contribution in [2.24, 2.45) is 0 Å². The normalized spacial score (nSPS) is 24.5. The number of ether oxygens (including phenoxy) is 1. The zero-order chi connectivity index (χ0) is 16.0. The van der Waals surface area contributed by atoms with Gasteiger partial charge in [-0.05, 0) is 33.6 Å². The molecule has 2 aliphatic rings. The van der Waals surface area contributed by atoms with E-state index in [1.54, 1.807) is 13.8 Å². The molecule has 0 unspecified atom stereocenters. The van der Waals surface area contributed by atoms with Gasteiger partial charge in [-0.3, -0.25) is 0 Å². The topological polar surface area (TPSA) is 72.4 Å². The largest absolute Gasteiger partial charge is 0.377 e. The van der Waals surface area contributed by atoms with Gasteiger partial charge in [0.25, 0.3) is 0 Å². The van der Waals surface area contributed by atoms with E-state index in [0.29, 0.717) is 31.7 Å². The molecule has 1 aliphatic carbocycles. The Labute approximate surface area is 131 Å². The van der Waals surface area contributed by atoms with Crippen LogP contribution in [0.4, 0.5) is 5.82 Å². The van der Waals surface area contributed by atoms with Gasteiger partial charge in [0.15, 0.2) is 9.84 Å². The quantitative estimate of drug-likeness (QED) is 0.835. The summed E-state index contributed by atoms with van der Waals surface area (Å²) in [6, 6.07) is 2.09. The van der Waals surface area contributed by atoms with Crippen molar-refractivity contribution >= 4 is 15.7 Å². The van der Waals surface area contributed by atoms with Gasteiger partial charge in [0.05, 0.1) is 30.2 Å². The molecule has 0 spiro atoms. The second-order valence-corrected chi connectivity index (χ2v) is 9.28. The Morgan fingerprint density at radius 1 is 1.36 bits per heavy atom. The smallest absolute Gasteiger partial charge is 0.164 e. The van der Waals surface area contributed by atoms with Crippen LogP contribution in [0.25, 0.3) is 0 Å². The van der Waals surface area contributed by atoms with Gasteiger partial charge in [-0.15, -0.1) is 0 Å². The van der Waals surface area contributed by atoms with Crippen molar-refractivity contribution in [3.05, 3.63) is 18.1 Å². The van der Waals surface area contributed by atoms with Crippen LogP contribution >= 0.6 is 0 Å². The number of sulfone groups is 1. The Hall–Kier alpha value is -1.21. The fourth-order valence-corrected chi connectivity index (χ4v) is 5.05. The van der Waals surface area contributed by atoms with E-state index in [0.717, 1.165) is 12.4 Å². The molecule has 1 saturated carbocycles. The Morgan fingerprint density at radius 2 is 2.09 bits per heavy atom. The van der Waals surface area contributed by atoms with Crippen LogP contribution in [0.3, 0.4) is 0 Å². The summed E-state index contributed by atoms with van der Waals surface area (Å²) in [4.78, 5) is 10.8. The minimum absolute atomic E-state index is 0.230. The van der Waals surface area contributed by atoms with E-state index < -0.39 is 19.8 Å². The first kappa shape index (κ1) is 15.7. The number of hydrogen-bond acceptors (Lipinski definition) is 6. The number of morpholine rings is 1. The van der Waals surface area contributed by atoms with Crippen LogP contribution in [0.5, 0.6) is 0 Å². The first-order valence-corrected chi connectivity index (χ1v) is 9.33. The lowest BCUT2D eigenvalue weighted by Crippen LogP contribution is -2.44.